The van der Waals surface area contributed by atoms with Crippen LogP contribution in [0.25, 0.3) is 5.69 Å². The van der Waals surface area contributed by atoms with Gasteiger partial charge in [0, 0.05) is 30.9 Å². The molecule has 0 unspecified atom stereocenters. The number of aromatic nitrogens is 4. The van der Waals surface area contributed by atoms with E-state index in [2.05, 4.69) is 15.3 Å². The lowest BCUT2D eigenvalue weighted by atomic mass is 9.87. The quantitative estimate of drug-likeness (QED) is 0.586. The molecule has 0 atom stereocenters. The number of rotatable bonds is 8. The van der Waals surface area contributed by atoms with E-state index in [1.165, 1.54) is 18.3 Å². The van der Waals surface area contributed by atoms with Gasteiger partial charge in [-0.1, -0.05) is 19.1 Å². The zero-order chi connectivity index (χ0) is 21.0. The molecular formula is C21H23FN4O3. The highest BCUT2D eigenvalue weighted by Crippen LogP contribution is 2.22. The Bertz CT molecular complexity index is 982. The number of carbonyl (C=O) groups is 1. The first kappa shape index (κ1) is 20.6. The number of hydrogen-bond acceptors (Lipinski definition) is 6. The van der Waals surface area contributed by atoms with E-state index in [4.69, 9.17) is 4.74 Å². The second-order valence-electron chi connectivity index (χ2n) is 7.61. The van der Waals surface area contributed by atoms with Gasteiger partial charge in [0.15, 0.2) is 5.78 Å². The zero-order valence-electron chi connectivity index (χ0n) is 16.6. The maximum Gasteiger partial charge on any atom is 0.213 e. The summed E-state index contributed by atoms with van der Waals surface area (Å²) in [6, 6.07) is 9.21. The largest absolute Gasteiger partial charge is 0.471 e. The van der Waals surface area contributed by atoms with Crippen LogP contribution < -0.4 is 4.74 Å². The van der Waals surface area contributed by atoms with Crippen molar-refractivity contribution in [3.8, 4) is 11.6 Å². The Kier molecular flexibility index (Phi) is 6.03. The van der Waals surface area contributed by atoms with Gasteiger partial charge in [-0.05, 0) is 42.7 Å². The maximum atomic E-state index is 13.2. The van der Waals surface area contributed by atoms with Gasteiger partial charge in [-0.3, -0.25) is 4.79 Å². The van der Waals surface area contributed by atoms with Crippen molar-refractivity contribution in [2.75, 3.05) is 6.61 Å². The number of hydrogen-bond donors (Lipinski definition) is 1. The van der Waals surface area contributed by atoms with Crippen LogP contribution in [0.3, 0.4) is 0 Å². The number of benzene rings is 1. The van der Waals surface area contributed by atoms with Crippen molar-refractivity contribution in [2.24, 2.45) is 5.41 Å². The number of aliphatic hydroxyl groups is 1. The molecule has 8 heteroatoms. The average molecular weight is 398 g/mol. The van der Waals surface area contributed by atoms with E-state index in [0.717, 1.165) is 0 Å². The number of pyridine rings is 1. The van der Waals surface area contributed by atoms with E-state index < -0.39 is 5.41 Å². The van der Waals surface area contributed by atoms with E-state index >= 15 is 0 Å². The van der Waals surface area contributed by atoms with Crippen molar-refractivity contribution in [3.63, 3.8) is 0 Å². The molecule has 0 fully saturated rings. The van der Waals surface area contributed by atoms with Crippen LogP contribution >= 0.6 is 0 Å². The molecule has 0 radical (unpaired) electrons. The molecule has 152 valence electrons. The number of aryl methyl sites for hydroxylation is 1. The molecule has 0 saturated heterocycles. The molecular weight excluding hydrogens is 375 g/mol. The van der Waals surface area contributed by atoms with E-state index in [-0.39, 0.29) is 31.2 Å². The first-order valence-corrected chi connectivity index (χ1v) is 9.19. The van der Waals surface area contributed by atoms with Gasteiger partial charge in [0.05, 0.1) is 11.4 Å². The van der Waals surface area contributed by atoms with Gasteiger partial charge in [0.25, 0.3) is 0 Å². The van der Waals surface area contributed by atoms with Crippen molar-refractivity contribution in [2.45, 2.75) is 33.8 Å². The number of carbonyl (C=O) groups excluding carboxylic acids is 1. The first-order valence-electron chi connectivity index (χ1n) is 9.19. The summed E-state index contributed by atoms with van der Waals surface area (Å²) in [5.41, 5.74) is 2.06. The highest BCUT2D eigenvalue weighted by molar-refractivity contribution is 5.96. The highest BCUT2D eigenvalue weighted by Gasteiger charge is 2.22. The molecule has 2 heterocycles. The van der Waals surface area contributed by atoms with E-state index in [1.54, 1.807) is 28.9 Å². The molecule has 2 aromatic heterocycles. The first-order chi connectivity index (χ1) is 13.8. The fourth-order valence-corrected chi connectivity index (χ4v) is 2.70. The third-order valence-corrected chi connectivity index (χ3v) is 4.51. The fourth-order valence-electron chi connectivity index (χ4n) is 2.70. The number of ether oxygens (including phenoxy) is 1. The number of ketones is 1. The molecule has 0 aliphatic heterocycles. The Labute approximate surface area is 168 Å². The van der Waals surface area contributed by atoms with Crippen molar-refractivity contribution >= 4 is 5.78 Å². The normalized spacial score (nSPS) is 11.5. The van der Waals surface area contributed by atoms with Crippen LogP contribution in [-0.2, 0) is 6.61 Å². The average Bonchev–Trinajstić information content (AvgIpc) is 3.07. The van der Waals surface area contributed by atoms with Gasteiger partial charge in [-0.15, -0.1) is 5.10 Å². The van der Waals surface area contributed by atoms with Crippen molar-refractivity contribution in [1.82, 2.24) is 20.0 Å². The van der Waals surface area contributed by atoms with Crippen molar-refractivity contribution in [3.05, 3.63) is 65.4 Å². The lowest BCUT2D eigenvalue weighted by molar-refractivity contribution is 0.0858. The Balaban J connectivity index is 1.69. The van der Waals surface area contributed by atoms with Crippen molar-refractivity contribution < 1.29 is 19.0 Å². The Morgan fingerprint density at radius 3 is 2.55 bits per heavy atom. The van der Waals surface area contributed by atoms with E-state index in [0.29, 0.717) is 28.5 Å². The van der Waals surface area contributed by atoms with Gasteiger partial charge in [0.1, 0.15) is 18.1 Å². The minimum Gasteiger partial charge on any atom is -0.471 e. The van der Waals surface area contributed by atoms with Gasteiger partial charge in [-0.2, -0.15) is 0 Å². The van der Waals surface area contributed by atoms with E-state index in [1.807, 2.05) is 20.8 Å². The summed E-state index contributed by atoms with van der Waals surface area (Å²) >= 11 is 0. The topological polar surface area (TPSA) is 90.1 Å². The molecule has 0 spiro atoms. The SMILES string of the molecule is Cc1nnn(-c2ccc(F)cc2)c1COc1ccc(C(=O)CC(C)(C)CO)cn1. The van der Waals surface area contributed by atoms with Crippen LogP contribution in [-0.4, -0.2) is 37.5 Å². The second kappa shape index (κ2) is 8.48. The molecule has 1 aromatic carbocycles. The number of aliphatic hydroxyl groups excluding tert-OH is 1. The predicted octanol–water partition coefficient (Wildman–Crippen LogP) is 3.28. The van der Waals surface area contributed by atoms with Gasteiger partial charge in [0.2, 0.25) is 5.88 Å². The summed E-state index contributed by atoms with van der Waals surface area (Å²) in [7, 11) is 0. The monoisotopic (exact) mass is 398 g/mol. The molecule has 1 N–H and O–H groups in total. The highest BCUT2D eigenvalue weighted by atomic mass is 19.1. The van der Waals surface area contributed by atoms with Crippen molar-refractivity contribution in [1.29, 1.82) is 0 Å². The van der Waals surface area contributed by atoms with Crippen LogP contribution in [0.4, 0.5) is 4.39 Å². The van der Waals surface area contributed by atoms with Crippen LogP contribution in [0.2, 0.25) is 0 Å². The number of halogens is 1. The fraction of sp³-hybridized carbons (Fsp3) is 0.333. The lowest BCUT2D eigenvalue weighted by Gasteiger charge is -2.20. The third kappa shape index (κ3) is 5.03. The summed E-state index contributed by atoms with van der Waals surface area (Å²) in [6.07, 6.45) is 1.70. The Morgan fingerprint density at radius 2 is 1.93 bits per heavy atom. The van der Waals surface area contributed by atoms with Crippen LogP contribution in [0, 0.1) is 18.2 Å². The Morgan fingerprint density at radius 1 is 1.21 bits per heavy atom. The summed E-state index contributed by atoms with van der Waals surface area (Å²) in [6.45, 7) is 5.56. The lowest BCUT2D eigenvalue weighted by Crippen LogP contribution is -2.21. The molecule has 0 saturated carbocycles. The van der Waals surface area contributed by atoms with E-state index in [9.17, 15) is 14.3 Å². The Hall–Kier alpha value is -3.13. The standard InChI is InChI=1S/C21H23FN4O3/c1-14-18(26(25-24-14)17-7-5-16(22)6-8-17)12-29-20-9-4-15(11-23-20)19(28)10-21(2,3)13-27/h4-9,11,27H,10,12-13H2,1-3H3. The summed E-state index contributed by atoms with van der Waals surface area (Å²) in [5, 5.41) is 17.5. The molecule has 0 bridgehead atoms. The van der Waals surface area contributed by atoms with Crippen LogP contribution in [0.15, 0.2) is 42.6 Å². The predicted molar refractivity (Wildman–Crippen MR) is 104 cm³/mol. The number of nitrogens with zero attached hydrogens (tertiary/aromatic N) is 4. The molecule has 7 nitrogen and oxygen atoms in total. The number of Topliss-reactive ketones (excluding diaryl/α,β-unsaturated/α-hetero) is 1. The van der Waals surface area contributed by atoms with Gasteiger partial charge in [-0.25, -0.2) is 14.1 Å². The zero-order valence-corrected chi connectivity index (χ0v) is 16.6. The summed E-state index contributed by atoms with van der Waals surface area (Å²) < 4.78 is 20.5. The third-order valence-electron chi connectivity index (χ3n) is 4.51. The summed E-state index contributed by atoms with van der Waals surface area (Å²) in [4.78, 5) is 16.5. The molecule has 0 aliphatic rings. The maximum absolute atomic E-state index is 13.2. The molecule has 0 aliphatic carbocycles. The molecule has 3 aromatic rings. The van der Waals surface area contributed by atoms with Gasteiger partial charge >= 0.3 is 0 Å². The molecule has 29 heavy (non-hydrogen) atoms. The molecule has 0 amide bonds. The van der Waals surface area contributed by atoms with Gasteiger partial charge < -0.3 is 9.84 Å². The minimum atomic E-state index is -0.477. The van der Waals surface area contributed by atoms with Crippen LogP contribution in [0.5, 0.6) is 5.88 Å². The minimum absolute atomic E-state index is 0.0670. The van der Waals surface area contributed by atoms with Crippen LogP contribution in [0.1, 0.15) is 42.0 Å². The summed E-state index contributed by atoms with van der Waals surface area (Å²) in [5.74, 6) is -0.0589. The smallest absolute Gasteiger partial charge is 0.213 e. The second-order valence-corrected chi connectivity index (χ2v) is 7.61. The molecule has 3 rings (SSSR count).